The Morgan fingerprint density at radius 3 is 2.75 bits per heavy atom. The Bertz CT molecular complexity index is 522. The summed E-state index contributed by atoms with van der Waals surface area (Å²) in [6.07, 6.45) is 0. The summed E-state index contributed by atoms with van der Waals surface area (Å²) in [6, 6.07) is 6.94. The quantitative estimate of drug-likeness (QED) is 0.818. The first-order chi connectivity index (χ1) is 7.56. The number of halogens is 1. The second-order valence-corrected chi connectivity index (χ2v) is 3.97. The second-order valence-electron chi connectivity index (χ2n) is 3.53. The lowest BCUT2D eigenvalue weighted by Gasteiger charge is -2.08. The van der Waals surface area contributed by atoms with Crippen LogP contribution in [0, 0.1) is 6.92 Å². The highest BCUT2D eigenvalue weighted by Crippen LogP contribution is 2.30. The Morgan fingerprint density at radius 1 is 1.38 bits per heavy atom. The molecule has 2 rings (SSSR count). The van der Waals surface area contributed by atoms with Gasteiger partial charge in [0.1, 0.15) is 0 Å². The molecule has 0 saturated carbocycles. The molecule has 16 heavy (non-hydrogen) atoms. The number of rotatable bonds is 2. The van der Waals surface area contributed by atoms with Crippen LogP contribution in [-0.2, 0) is 7.05 Å². The van der Waals surface area contributed by atoms with Crippen LogP contribution in [-0.4, -0.2) is 9.78 Å². The number of aryl methyl sites for hydroxylation is 2. The largest absolute Gasteiger partial charge is 0.437 e. The molecule has 0 radical (unpaired) electrons. The zero-order valence-electron chi connectivity index (χ0n) is 9.07. The summed E-state index contributed by atoms with van der Waals surface area (Å²) in [6.45, 7) is 1.90. The van der Waals surface area contributed by atoms with Gasteiger partial charge in [-0.05, 0) is 19.1 Å². The average Bonchev–Trinajstić information content (AvgIpc) is 2.51. The van der Waals surface area contributed by atoms with Crippen LogP contribution in [0.25, 0.3) is 0 Å². The van der Waals surface area contributed by atoms with E-state index in [-0.39, 0.29) is 0 Å². The number of hydrogen-bond donors (Lipinski definition) is 1. The minimum atomic E-state index is 0.538. The number of ether oxygens (including phenoxy) is 1. The monoisotopic (exact) mass is 237 g/mol. The van der Waals surface area contributed by atoms with E-state index in [1.807, 2.05) is 20.0 Å². The molecule has 0 aliphatic carbocycles. The van der Waals surface area contributed by atoms with Crippen LogP contribution in [0.1, 0.15) is 5.69 Å². The molecule has 1 aromatic carbocycles. The summed E-state index contributed by atoms with van der Waals surface area (Å²) in [5.41, 5.74) is 7.21. The van der Waals surface area contributed by atoms with Crippen molar-refractivity contribution in [2.24, 2.45) is 7.05 Å². The number of nitrogens with two attached hydrogens (primary N) is 1. The number of benzene rings is 1. The topological polar surface area (TPSA) is 53.1 Å². The third kappa shape index (κ3) is 2.12. The van der Waals surface area contributed by atoms with Crippen molar-refractivity contribution in [2.45, 2.75) is 6.92 Å². The van der Waals surface area contributed by atoms with Crippen LogP contribution in [0.4, 0.5) is 5.69 Å². The Kier molecular flexibility index (Phi) is 2.75. The van der Waals surface area contributed by atoms with E-state index in [1.165, 1.54) is 0 Å². The van der Waals surface area contributed by atoms with Gasteiger partial charge < -0.3 is 10.5 Å². The van der Waals surface area contributed by atoms with Gasteiger partial charge in [0.25, 0.3) is 0 Å². The predicted molar refractivity (Wildman–Crippen MR) is 63.9 cm³/mol. The third-order valence-electron chi connectivity index (χ3n) is 2.15. The molecule has 0 spiro atoms. The van der Waals surface area contributed by atoms with E-state index in [1.54, 1.807) is 22.9 Å². The van der Waals surface area contributed by atoms with Crippen LogP contribution in [0.5, 0.6) is 11.6 Å². The van der Waals surface area contributed by atoms with E-state index < -0.39 is 0 Å². The van der Waals surface area contributed by atoms with Crippen LogP contribution >= 0.6 is 11.6 Å². The van der Waals surface area contributed by atoms with Crippen molar-refractivity contribution in [3.05, 3.63) is 35.0 Å². The number of aromatic nitrogens is 2. The lowest BCUT2D eigenvalue weighted by molar-refractivity contribution is 0.432. The number of hydrogen-bond acceptors (Lipinski definition) is 3. The highest BCUT2D eigenvalue weighted by molar-refractivity contribution is 6.30. The maximum atomic E-state index is 5.87. The molecule has 0 atom stereocenters. The lowest BCUT2D eigenvalue weighted by atomic mass is 10.3. The minimum Gasteiger partial charge on any atom is -0.437 e. The summed E-state index contributed by atoms with van der Waals surface area (Å²) in [5, 5.41) is 4.76. The zero-order valence-corrected chi connectivity index (χ0v) is 9.82. The molecule has 84 valence electrons. The van der Waals surface area contributed by atoms with Gasteiger partial charge in [0, 0.05) is 24.2 Å². The molecule has 0 aliphatic heterocycles. The standard InChI is InChI=1S/C11H12ClN3O/c1-7-5-11(15(2)14-7)16-10-6-8(12)3-4-9(10)13/h3-6H,13H2,1-2H3. The van der Waals surface area contributed by atoms with Crippen LogP contribution in [0.2, 0.25) is 5.02 Å². The summed E-state index contributed by atoms with van der Waals surface area (Å²) in [5.74, 6) is 1.17. The molecular formula is C11H12ClN3O. The molecule has 0 unspecified atom stereocenters. The third-order valence-corrected chi connectivity index (χ3v) is 2.38. The van der Waals surface area contributed by atoms with Gasteiger partial charge >= 0.3 is 0 Å². The van der Waals surface area contributed by atoms with Crippen molar-refractivity contribution in [1.82, 2.24) is 9.78 Å². The molecule has 0 bridgehead atoms. The molecule has 0 fully saturated rings. The molecule has 0 amide bonds. The fraction of sp³-hybridized carbons (Fsp3) is 0.182. The van der Waals surface area contributed by atoms with Crippen molar-refractivity contribution in [1.29, 1.82) is 0 Å². The van der Waals surface area contributed by atoms with Gasteiger partial charge in [-0.25, -0.2) is 4.68 Å². The molecule has 4 nitrogen and oxygen atoms in total. The Labute approximate surface area is 98.6 Å². The van der Waals surface area contributed by atoms with Gasteiger partial charge in [-0.15, -0.1) is 0 Å². The zero-order chi connectivity index (χ0) is 11.7. The van der Waals surface area contributed by atoms with E-state index in [9.17, 15) is 0 Å². The van der Waals surface area contributed by atoms with Gasteiger partial charge in [0.2, 0.25) is 5.88 Å². The first-order valence-corrected chi connectivity index (χ1v) is 5.17. The highest BCUT2D eigenvalue weighted by atomic mass is 35.5. The van der Waals surface area contributed by atoms with E-state index in [0.29, 0.717) is 22.3 Å². The van der Waals surface area contributed by atoms with Crippen LogP contribution in [0.3, 0.4) is 0 Å². The molecule has 0 aliphatic rings. The Hall–Kier alpha value is -1.68. The molecule has 1 heterocycles. The fourth-order valence-corrected chi connectivity index (χ4v) is 1.55. The summed E-state index contributed by atoms with van der Waals surface area (Å²) < 4.78 is 7.28. The molecule has 2 aromatic rings. The first kappa shape index (κ1) is 10.8. The number of nitrogens with zero attached hydrogens (tertiary/aromatic N) is 2. The second kappa shape index (κ2) is 4.06. The molecule has 0 saturated heterocycles. The maximum absolute atomic E-state index is 5.87. The summed E-state index contributed by atoms with van der Waals surface area (Å²) >= 11 is 5.87. The van der Waals surface area contributed by atoms with Gasteiger partial charge in [-0.2, -0.15) is 5.10 Å². The molecule has 2 N–H and O–H groups in total. The first-order valence-electron chi connectivity index (χ1n) is 4.80. The number of nitrogen functional groups attached to an aromatic ring is 1. The smallest absolute Gasteiger partial charge is 0.217 e. The maximum Gasteiger partial charge on any atom is 0.217 e. The Morgan fingerprint density at radius 2 is 2.12 bits per heavy atom. The lowest BCUT2D eigenvalue weighted by Crippen LogP contribution is -1.97. The average molecular weight is 238 g/mol. The van der Waals surface area contributed by atoms with Crippen molar-refractivity contribution >= 4 is 17.3 Å². The SMILES string of the molecule is Cc1cc(Oc2cc(Cl)ccc2N)n(C)n1. The Balaban J connectivity index is 2.33. The highest BCUT2D eigenvalue weighted by Gasteiger charge is 2.07. The van der Waals surface area contributed by atoms with Crippen molar-refractivity contribution < 1.29 is 4.74 Å². The van der Waals surface area contributed by atoms with Crippen molar-refractivity contribution in [3.63, 3.8) is 0 Å². The van der Waals surface area contributed by atoms with E-state index in [2.05, 4.69) is 5.10 Å². The van der Waals surface area contributed by atoms with Gasteiger partial charge in [0.15, 0.2) is 5.75 Å². The minimum absolute atomic E-state index is 0.538. The molecule has 1 aromatic heterocycles. The predicted octanol–water partition coefficient (Wildman–Crippen LogP) is 2.76. The fourth-order valence-electron chi connectivity index (χ4n) is 1.39. The number of anilines is 1. The van der Waals surface area contributed by atoms with E-state index in [4.69, 9.17) is 22.1 Å². The van der Waals surface area contributed by atoms with Gasteiger partial charge in [0.05, 0.1) is 11.4 Å². The molecular weight excluding hydrogens is 226 g/mol. The van der Waals surface area contributed by atoms with Crippen molar-refractivity contribution in [2.75, 3.05) is 5.73 Å². The van der Waals surface area contributed by atoms with Crippen LogP contribution < -0.4 is 10.5 Å². The van der Waals surface area contributed by atoms with Gasteiger partial charge in [-0.3, -0.25) is 0 Å². The van der Waals surface area contributed by atoms with Crippen molar-refractivity contribution in [3.8, 4) is 11.6 Å². The van der Waals surface area contributed by atoms with E-state index in [0.717, 1.165) is 5.69 Å². The summed E-state index contributed by atoms with van der Waals surface area (Å²) in [4.78, 5) is 0. The van der Waals surface area contributed by atoms with Crippen LogP contribution in [0.15, 0.2) is 24.3 Å². The van der Waals surface area contributed by atoms with Gasteiger partial charge in [-0.1, -0.05) is 11.6 Å². The normalized spacial score (nSPS) is 10.4. The molecule has 5 heteroatoms. The summed E-state index contributed by atoms with van der Waals surface area (Å²) in [7, 11) is 1.81. The van der Waals surface area contributed by atoms with E-state index >= 15 is 0 Å².